The number of ether oxygens (including phenoxy) is 2. The average molecular weight is 360 g/mol. The lowest BCUT2D eigenvalue weighted by molar-refractivity contribution is -0.0301. The van der Waals surface area contributed by atoms with Gasteiger partial charge in [-0.05, 0) is 26.8 Å². The van der Waals surface area contributed by atoms with E-state index in [2.05, 4.69) is 0 Å². The summed E-state index contributed by atoms with van der Waals surface area (Å²) in [5.41, 5.74) is -0.660. The third-order valence-electron chi connectivity index (χ3n) is 2.64. The molecule has 0 amide bonds. The van der Waals surface area contributed by atoms with Gasteiger partial charge >= 0.3 is 6.16 Å². The first-order valence-corrected chi connectivity index (χ1v) is 7.26. The van der Waals surface area contributed by atoms with Gasteiger partial charge in [0, 0.05) is 10.6 Å². The zero-order chi connectivity index (χ0) is 15.6. The number of carbonyl (C=O) groups is 1. The van der Waals surface area contributed by atoms with Gasteiger partial charge in [-0.1, -0.05) is 64.6 Å². The van der Waals surface area contributed by atoms with Crippen LogP contribution in [0.1, 0.15) is 32.4 Å². The van der Waals surface area contributed by atoms with Gasteiger partial charge in [0.25, 0.3) is 0 Å². The SMILES string of the molecule is CC(OC(=O)OC(C)(C)C(Cl)(Cl)Cl)c1ccccc1Cl. The van der Waals surface area contributed by atoms with Crippen LogP contribution in [0.4, 0.5) is 4.79 Å². The van der Waals surface area contributed by atoms with E-state index in [4.69, 9.17) is 55.9 Å². The Balaban J connectivity index is 2.71. The Morgan fingerprint density at radius 1 is 1.20 bits per heavy atom. The standard InChI is InChI=1S/C13H14Cl4O3/c1-8(9-6-4-5-7-10(9)14)19-11(18)20-12(2,3)13(15,16)17/h4-8H,1-3H3. The highest BCUT2D eigenvalue weighted by molar-refractivity contribution is 6.68. The minimum Gasteiger partial charge on any atom is -0.426 e. The summed E-state index contributed by atoms with van der Waals surface area (Å²) in [6.45, 7) is 4.62. The van der Waals surface area contributed by atoms with Crippen molar-refractivity contribution in [3.63, 3.8) is 0 Å². The number of rotatable bonds is 3. The summed E-state index contributed by atoms with van der Waals surface area (Å²) < 4.78 is 8.40. The molecule has 0 saturated carbocycles. The zero-order valence-corrected chi connectivity index (χ0v) is 14.1. The van der Waals surface area contributed by atoms with Crippen molar-refractivity contribution < 1.29 is 14.3 Å². The molecule has 1 rings (SSSR count). The highest BCUT2D eigenvalue weighted by Gasteiger charge is 2.44. The number of hydrogen-bond acceptors (Lipinski definition) is 3. The molecule has 0 N–H and O–H groups in total. The maximum Gasteiger partial charge on any atom is 0.509 e. The Morgan fingerprint density at radius 3 is 2.25 bits per heavy atom. The van der Waals surface area contributed by atoms with Crippen LogP contribution in [-0.4, -0.2) is 15.5 Å². The van der Waals surface area contributed by atoms with Crippen LogP contribution in [0.5, 0.6) is 0 Å². The molecule has 0 fully saturated rings. The van der Waals surface area contributed by atoms with Gasteiger partial charge in [0.05, 0.1) is 0 Å². The van der Waals surface area contributed by atoms with E-state index >= 15 is 0 Å². The van der Waals surface area contributed by atoms with E-state index in [0.29, 0.717) is 10.6 Å². The molecule has 0 spiro atoms. The van der Waals surface area contributed by atoms with Crippen molar-refractivity contribution in [1.82, 2.24) is 0 Å². The number of hydrogen-bond donors (Lipinski definition) is 0. The Hall–Kier alpha value is -0.350. The normalized spacial score (nSPS) is 13.8. The van der Waals surface area contributed by atoms with E-state index in [1.165, 1.54) is 13.8 Å². The van der Waals surface area contributed by atoms with Crippen LogP contribution < -0.4 is 0 Å². The first-order chi connectivity index (χ1) is 9.04. The van der Waals surface area contributed by atoms with Gasteiger partial charge in [-0.25, -0.2) is 4.79 Å². The highest BCUT2D eigenvalue weighted by Crippen LogP contribution is 2.40. The Bertz CT molecular complexity index is 483. The second-order valence-corrected chi connectivity index (χ2v) is 7.33. The molecule has 7 heteroatoms. The van der Waals surface area contributed by atoms with Crippen molar-refractivity contribution in [2.45, 2.75) is 36.3 Å². The number of alkyl halides is 3. The lowest BCUT2D eigenvalue weighted by Crippen LogP contribution is -2.41. The van der Waals surface area contributed by atoms with E-state index in [1.807, 2.05) is 0 Å². The maximum atomic E-state index is 11.7. The minimum absolute atomic E-state index is 0.494. The van der Waals surface area contributed by atoms with Crippen LogP contribution in [0.15, 0.2) is 24.3 Å². The molecule has 0 aliphatic rings. The topological polar surface area (TPSA) is 35.5 Å². The van der Waals surface area contributed by atoms with Crippen molar-refractivity contribution in [2.24, 2.45) is 0 Å². The van der Waals surface area contributed by atoms with Gasteiger partial charge in [0.15, 0.2) is 5.60 Å². The number of halogens is 4. The number of carbonyl (C=O) groups excluding carboxylic acids is 1. The van der Waals surface area contributed by atoms with Crippen molar-refractivity contribution in [2.75, 3.05) is 0 Å². The van der Waals surface area contributed by atoms with Gasteiger partial charge < -0.3 is 9.47 Å². The third-order valence-corrected chi connectivity index (χ3v) is 4.35. The van der Waals surface area contributed by atoms with Gasteiger partial charge in [-0.2, -0.15) is 0 Å². The van der Waals surface area contributed by atoms with E-state index in [1.54, 1.807) is 31.2 Å². The average Bonchev–Trinajstić information content (AvgIpc) is 2.26. The predicted molar refractivity (Wildman–Crippen MR) is 81.8 cm³/mol. The zero-order valence-electron chi connectivity index (χ0n) is 11.1. The summed E-state index contributed by atoms with van der Waals surface area (Å²) in [5, 5.41) is 0.494. The minimum atomic E-state index is -1.76. The first-order valence-electron chi connectivity index (χ1n) is 5.75. The summed E-state index contributed by atoms with van der Waals surface area (Å²) in [4.78, 5) is 11.7. The Labute approximate surface area is 138 Å². The molecule has 0 saturated heterocycles. The quantitative estimate of drug-likeness (QED) is 0.512. The van der Waals surface area contributed by atoms with Crippen LogP contribution in [0.3, 0.4) is 0 Å². The largest absolute Gasteiger partial charge is 0.509 e. The van der Waals surface area contributed by atoms with E-state index in [9.17, 15) is 4.79 Å². The molecule has 0 aromatic heterocycles. The van der Waals surface area contributed by atoms with Crippen molar-refractivity contribution >= 4 is 52.6 Å². The summed E-state index contributed by atoms with van der Waals surface area (Å²) in [5.74, 6) is 0. The monoisotopic (exact) mass is 358 g/mol. The molecule has 112 valence electrons. The first kappa shape index (κ1) is 17.7. The van der Waals surface area contributed by atoms with Crippen LogP contribution >= 0.6 is 46.4 Å². The second-order valence-electron chi connectivity index (χ2n) is 4.64. The molecule has 0 aliphatic carbocycles. The third kappa shape index (κ3) is 4.59. The summed E-state index contributed by atoms with van der Waals surface area (Å²) >= 11 is 23.2. The molecule has 1 atom stereocenters. The van der Waals surface area contributed by atoms with Crippen molar-refractivity contribution in [1.29, 1.82) is 0 Å². The van der Waals surface area contributed by atoms with E-state index < -0.39 is 21.7 Å². The molecular formula is C13H14Cl4O3. The fourth-order valence-electron chi connectivity index (χ4n) is 1.30. The molecule has 1 aromatic carbocycles. The summed E-state index contributed by atoms with van der Waals surface area (Å²) in [7, 11) is 0. The highest BCUT2D eigenvalue weighted by atomic mass is 35.6. The van der Waals surface area contributed by atoms with E-state index in [0.717, 1.165) is 0 Å². The van der Waals surface area contributed by atoms with Crippen LogP contribution in [0, 0.1) is 0 Å². The molecular weight excluding hydrogens is 346 g/mol. The number of benzene rings is 1. The summed E-state index contributed by atoms with van der Waals surface area (Å²) in [6.07, 6.45) is -1.52. The van der Waals surface area contributed by atoms with Crippen LogP contribution in [0.25, 0.3) is 0 Å². The molecule has 0 bridgehead atoms. The maximum absolute atomic E-state index is 11.7. The van der Waals surface area contributed by atoms with Crippen molar-refractivity contribution in [3.05, 3.63) is 34.9 Å². The van der Waals surface area contributed by atoms with Crippen LogP contribution in [0.2, 0.25) is 5.02 Å². The fraction of sp³-hybridized carbons (Fsp3) is 0.462. The molecule has 20 heavy (non-hydrogen) atoms. The van der Waals surface area contributed by atoms with Gasteiger partial charge in [0.2, 0.25) is 3.79 Å². The predicted octanol–water partition coefficient (Wildman–Crippen LogP) is 5.70. The molecule has 0 radical (unpaired) electrons. The molecule has 0 aliphatic heterocycles. The lowest BCUT2D eigenvalue weighted by Gasteiger charge is -2.31. The van der Waals surface area contributed by atoms with Gasteiger partial charge in [-0.3, -0.25) is 0 Å². The Morgan fingerprint density at radius 2 is 1.75 bits per heavy atom. The molecule has 0 heterocycles. The smallest absolute Gasteiger partial charge is 0.426 e. The van der Waals surface area contributed by atoms with E-state index in [-0.39, 0.29) is 0 Å². The van der Waals surface area contributed by atoms with Gasteiger partial charge in [-0.15, -0.1) is 0 Å². The molecule has 3 nitrogen and oxygen atoms in total. The summed E-state index contributed by atoms with van der Waals surface area (Å²) in [6, 6.07) is 7.02. The Kier molecular flexibility index (Phi) is 5.85. The van der Waals surface area contributed by atoms with Crippen molar-refractivity contribution in [3.8, 4) is 0 Å². The molecule has 1 aromatic rings. The second kappa shape index (κ2) is 6.61. The van der Waals surface area contributed by atoms with Gasteiger partial charge in [0.1, 0.15) is 6.10 Å². The fourth-order valence-corrected chi connectivity index (χ4v) is 1.71. The molecule has 1 unspecified atom stereocenters. The lowest BCUT2D eigenvalue weighted by atomic mass is 10.1. The van der Waals surface area contributed by atoms with Crippen LogP contribution in [-0.2, 0) is 9.47 Å².